The Morgan fingerprint density at radius 2 is 1.55 bits per heavy atom. The molecule has 0 unspecified atom stereocenters. The number of nitrogens with zero attached hydrogens (tertiary/aromatic N) is 6. The number of hydrogen-bond donors (Lipinski definition) is 1. The predicted molar refractivity (Wildman–Crippen MR) is 70.0 cm³/mol. The summed E-state index contributed by atoms with van der Waals surface area (Å²) < 4.78 is 0. The van der Waals surface area contributed by atoms with Gasteiger partial charge in [-0.15, -0.1) is 0 Å². The molecule has 0 heterocycles. The fourth-order valence-corrected chi connectivity index (χ4v) is 1.44. The lowest BCUT2D eigenvalue weighted by Gasteiger charge is -2.07. The predicted octanol–water partition coefficient (Wildman–Crippen LogP) is 1.57. The minimum absolute atomic E-state index is 0.150. The molecule has 102 valence electrons. The first kappa shape index (κ1) is 15.7. The van der Waals surface area contributed by atoms with Crippen LogP contribution in [0.5, 0.6) is 0 Å². The second-order valence-corrected chi connectivity index (χ2v) is 3.61. The fourth-order valence-electron chi connectivity index (χ4n) is 1.44. The molecular formula is C13H3N7O2. The molecule has 0 atom stereocenters. The highest BCUT2D eigenvalue weighted by molar-refractivity contribution is 5.72. The molecule has 0 radical (unpaired) electrons. The first-order chi connectivity index (χ1) is 10.5. The van der Waals surface area contributed by atoms with Crippen LogP contribution in [0.4, 0.5) is 11.4 Å². The average Bonchev–Trinajstić information content (AvgIpc) is 2.53. The highest BCUT2D eigenvalue weighted by atomic mass is 16.6. The summed E-state index contributed by atoms with van der Waals surface area (Å²) >= 11 is 0. The van der Waals surface area contributed by atoms with Crippen LogP contribution in [-0.4, -0.2) is 4.92 Å². The third kappa shape index (κ3) is 2.95. The molecule has 0 aromatic heterocycles. The van der Waals surface area contributed by atoms with Gasteiger partial charge in [0, 0.05) is 6.07 Å². The summed E-state index contributed by atoms with van der Waals surface area (Å²) in [5, 5.41) is 57.4. The van der Waals surface area contributed by atoms with Crippen LogP contribution in [0.15, 0.2) is 23.4 Å². The van der Waals surface area contributed by atoms with E-state index in [2.05, 4.69) is 5.32 Å². The van der Waals surface area contributed by atoms with E-state index >= 15 is 0 Å². The Morgan fingerprint density at radius 1 is 1.00 bits per heavy atom. The van der Waals surface area contributed by atoms with Gasteiger partial charge in [-0.25, -0.2) is 0 Å². The number of nitriles is 5. The molecule has 0 aliphatic carbocycles. The van der Waals surface area contributed by atoms with E-state index in [4.69, 9.17) is 26.3 Å². The summed E-state index contributed by atoms with van der Waals surface area (Å²) in [5.74, 6) is 0. The van der Waals surface area contributed by atoms with Crippen LogP contribution in [0.3, 0.4) is 0 Å². The first-order valence-corrected chi connectivity index (χ1v) is 5.36. The highest BCUT2D eigenvalue weighted by Crippen LogP contribution is 2.29. The minimum Gasteiger partial charge on any atom is -0.339 e. The van der Waals surface area contributed by atoms with Crippen molar-refractivity contribution in [3.63, 3.8) is 0 Å². The average molecular weight is 289 g/mol. The van der Waals surface area contributed by atoms with Gasteiger partial charge >= 0.3 is 0 Å². The highest BCUT2D eigenvalue weighted by Gasteiger charge is 2.20. The lowest BCUT2D eigenvalue weighted by atomic mass is 10.1. The van der Waals surface area contributed by atoms with Crippen LogP contribution in [0.25, 0.3) is 0 Å². The van der Waals surface area contributed by atoms with Crippen LogP contribution >= 0.6 is 0 Å². The zero-order valence-electron chi connectivity index (χ0n) is 10.7. The Morgan fingerprint density at radius 3 is 1.95 bits per heavy atom. The molecule has 0 spiro atoms. The van der Waals surface area contributed by atoms with Gasteiger partial charge in [-0.2, -0.15) is 26.3 Å². The Bertz CT molecular complexity index is 879. The van der Waals surface area contributed by atoms with E-state index in [1.54, 1.807) is 12.1 Å². The van der Waals surface area contributed by atoms with E-state index in [0.29, 0.717) is 0 Å². The minimum atomic E-state index is -0.822. The number of nitrogens with one attached hydrogen (secondary N) is 1. The Balaban J connectivity index is 3.60. The third-order valence-electron chi connectivity index (χ3n) is 2.42. The topological polar surface area (TPSA) is 174 Å². The third-order valence-corrected chi connectivity index (χ3v) is 2.42. The molecule has 0 amide bonds. The zero-order valence-corrected chi connectivity index (χ0v) is 10.7. The number of hydrogen-bond acceptors (Lipinski definition) is 8. The number of allylic oxidation sites excluding steroid dienone is 2. The molecule has 9 nitrogen and oxygen atoms in total. The van der Waals surface area contributed by atoms with Gasteiger partial charge in [0.2, 0.25) is 0 Å². The van der Waals surface area contributed by atoms with Crippen molar-refractivity contribution in [3.8, 4) is 30.3 Å². The summed E-state index contributed by atoms with van der Waals surface area (Å²) in [7, 11) is 0. The van der Waals surface area contributed by atoms with Crippen LogP contribution in [0.2, 0.25) is 0 Å². The van der Waals surface area contributed by atoms with E-state index in [-0.39, 0.29) is 16.8 Å². The number of nitro groups is 1. The maximum Gasteiger partial charge on any atom is 0.294 e. The molecule has 0 bridgehead atoms. The SMILES string of the molecule is N#CC(C#N)=C(C#N)Nc1cc(C#N)c(C#N)cc1[N+](=O)[O-]. The van der Waals surface area contributed by atoms with Gasteiger partial charge in [0.1, 0.15) is 41.7 Å². The van der Waals surface area contributed by atoms with E-state index in [1.807, 2.05) is 0 Å². The Hall–Kier alpha value is -4.39. The molecule has 1 aromatic carbocycles. The number of nitro benzene ring substituents is 1. The number of anilines is 1. The van der Waals surface area contributed by atoms with Gasteiger partial charge in [-0.3, -0.25) is 10.1 Å². The van der Waals surface area contributed by atoms with Crippen molar-refractivity contribution in [1.29, 1.82) is 26.3 Å². The molecule has 0 fully saturated rings. The molecule has 1 rings (SSSR count). The van der Waals surface area contributed by atoms with Crippen molar-refractivity contribution < 1.29 is 4.92 Å². The molecule has 1 N–H and O–H groups in total. The molecule has 0 aliphatic rings. The number of rotatable bonds is 3. The van der Waals surface area contributed by atoms with E-state index in [0.717, 1.165) is 12.1 Å². The molecule has 1 aromatic rings. The van der Waals surface area contributed by atoms with Crippen molar-refractivity contribution in [3.05, 3.63) is 44.6 Å². The van der Waals surface area contributed by atoms with E-state index in [1.165, 1.54) is 18.2 Å². The Labute approximate surface area is 123 Å². The molecule has 0 saturated carbocycles. The lowest BCUT2D eigenvalue weighted by Crippen LogP contribution is -2.05. The molecule has 0 aliphatic heterocycles. The standard InChI is InChI=1S/C13H3N7O2/c14-3-8-1-11(13(20(21)22)2-9(8)4-15)19-12(7-18)10(5-16)6-17/h1-2,19H. The fraction of sp³-hybridized carbons (Fsp3) is 0. The van der Waals surface area contributed by atoms with Crippen molar-refractivity contribution in [2.24, 2.45) is 0 Å². The van der Waals surface area contributed by atoms with Crippen molar-refractivity contribution in [1.82, 2.24) is 0 Å². The van der Waals surface area contributed by atoms with Gasteiger partial charge in [0.15, 0.2) is 5.57 Å². The largest absolute Gasteiger partial charge is 0.339 e. The monoisotopic (exact) mass is 289 g/mol. The summed E-state index contributed by atoms with van der Waals surface area (Å²) in [6.45, 7) is 0. The van der Waals surface area contributed by atoms with Gasteiger partial charge in [0.25, 0.3) is 5.69 Å². The summed E-state index contributed by atoms with van der Waals surface area (Å²) in [6, 6.07) is 9.68. The van der Waals surface area contributed by atoms with Crippen molar-refractivity contribution in [2.75, 3.05) is 5.32 Å². The maximum absolute atomic E-state index is 11.0. The molecule has 22 heavy (non-hydrogen) atoms. The van der Waals surface area contributed by atoms with Crippen LogP contribution in [0.1, 0.15) is 11.1 Å². The Kier molecular flexibility index (Phi) is 4.76. The second-order valence-electron chi connectivity index (χ2n) is 3.61. The zero-order chi connectivity index (χ0) is 16.7. The summed E-state index contributed by atoms with van der Waals surface area (Å²) in [4.78, 5) is 10.2. The van der Waals surface area contributed by atoms with Crippen LogP contribution < -0.4 is 5.32 Å². The van der Waals surface area contributed by atoms with Crippen molar-refractivity contribution >= 4 is 11.4 Å². The summed E-state index contributed by atoms with van der Waals surface area (Å²) in [5.41, 5.74) is -2.27. The van der Waals surface area contributed by atoms with Crippen molar-refractivity contribution in [2.45, 2.75) is 0 Å². The smallest absolute Gasteiger partial charge is 0.294 e. The summed E-state index contributed by atoms with van der Waals surface area (Å²) in [6.07, 6.45) is 0. The maximum atomic E-state index is 11.0. The van der Waals surface area contributed by atoms with Crippen LogP contribution in [0, 0.1) is 66.8 Å². The molecule has 9 heteroatoms. The molecular weight excluding hydrogens is 286 g/mol. The first-order valence-electron chi connectivity index (χ1n) is 5.36. The van der Waals surface area contributed by atoms with E-state index < -0.39 is 21.9 Å². The number of benzene rings is 1. The molecule has 0 saturated heterocycles. The quantitative estimate of drug-likeness (QED) is 0.495. The van der Waals surface area contributed by atoms with E-state index in [9.17, 15) is 10.1 Å². The van der Waals surface area contributed by atoms with Gasteiger partial charge in [0.05, 0.1) is 16.1 Å². The second kappa shape index (κ2) is 6.68. The van der Waals surface area contributed by atoms with Gasteiger partial charge in [-0.05, 0) is 6.07 Å². The lowest BCUT2D eigenvalue weighted by molar-refractivity contribution is -0.383. The normalized spacial score (nSPS) is 8.14. The van der Waals surface area contributed by atoms with Crippen LogP contribution in [-0.2, 0) is 0 Å². The van der Waals surface area contributed by atoms with Gasteiger partial charge < -0.3 is 5.32 Å². The van der Waals surface area contributed by atoms with Gasteiger partial charge in [-0.1, -0.05) is 0 Å².